The third-order valence-electron chi connectivity index (χ3n) is 4.91. The smallest absolute Gasteiger partial charge is 0.328 e. The molecular weight excluding hydrogens is 372 g/mol. The van der Waals surface area contributed by atoms with Crippen LogP contribution in [0.25, 0.3) is 0 Å². The van der Waals surface area contributed by atoms with Crippen LogP contribution in [-0.2, 0) is 27.4 Å². The number of aliphatic carboxylic acids is 1. The topological polar surface area (TPSA) is 99.1 Å². The van der Waals surface area contributed by atoms with Crippen molar-refractivity contribution in [3.8, 4) is 0 Å². The monoisotopic (exact) mass is 400 g/mol. The summed E-state index contributed by atoms with van der Waals surface area (Å²) in [6.07, 6.45) is 0. The van der Waals surface area contributed by atoms with Crippen LogP contribution < -0.4 is 5.32 Å². The van der Waals surface area contributed by atoms with E-state index in [4.69, 9.17) is 9.84 Å². The van der Waals surface area contributed by atoms with E-state index in [0.717, 1.165) is 11.1 Å². The molecule has 0 saturated heterocycles. The van der Waals surface area contributed by atoms with E-state index in [0.29, 0.717) is 13.1 Å². The highest BCUT2D eigenvalue weighted by Crippen LogP contribution is 2.23. The number of likely N-dealkylation sites (N-methyl/N-ethyl adjacent to an activating group) is 1. The van der Waals surface area contributed by atoms with Crippen molar-refractivity contribution in [2.75, 3.05) is 20.3 Å². The van der Waals surface area contributed by atoms with E-state index >= 15 is 0 Å². The van der Waals surface area contributed by atoms with Gasteiger partial charge in [-0.3, -0.25) is 9.69 Å². The SMILES string of the molecule is CN[C@H](COC(=O)[C@@](C)(CO)N(Cc1ccccc1)Cc1ccccc1)C(=O)O. The summed E-state index contributed by atoms with van der Waals surface area (Å²) in [7, 11) is 1.48. The number of carboxylic acids is 1. The van der Waals surface area contributed by atoms with Crippen molar-refractivity contribution in [2.24, 2.45) is 0 Å². The van der Waals surface area contributed by atoms with Crippen LogP contribution in [-0.4, -0.2) is 58.9 Å². The van der Waals surface area contributed by atoms with Gasteiger partial charge in [0.2, 0.25) is 0 Å². The number of hydrogen-bond acceptors (Lipinski definition) is 6. The lowest BCUT2D eigenvalue weighted by atomic mass is 9.98. The minimum Gasteiger partial charge on any atom is -0.480 e. The Morgan fingerprint density at radius 2 is 1.52 bits per heavy atom. The van der Waals surface area contributed by atoms with Crippen LogP contribution in [0.3, 0.4) is 0 Å². The van der Waals surface area contributed by atoms with Gasteiger partial charge in [-0.1, -0.05) is 60.7 Å². The molecule has 0 fully saturated rings. The lowest BCUT2D eigenvalue weighted by Gasteiger charge is -2.38. The molecule has 0 heterocycles. The maximum Gasteiger partial charge on any atom is 0.328 e. The number of nitrogens with zero attached hydrogens (tertiary/aromatic N) is 1. The number of rotatable bonds is 11. The van der Waals surface area contributed by atoms with E-state index in [1.807, 2.05) is 65.6 Å². The van der Waals surface area contributed by atoms with Gasteiger partial charge in [0.25, 0.3) is 0 Å². The van der Waals surface area contributed by atoms with E-state index < -0.39 is 30.1 Å². The van der Waals surface area contributed by atoms with Crippen molar-refractivity contribution in [3.05, 3.63) is 71.8 Å². The summed E-state index contributed by atoms with van der Waals surface area (Å²) < 4.78 is 5.28. The lowest BCUT2D eigenvalue weighted by Crippen LogP contribution is -2.56. The van der Waals surface area contributed by atoms with Gasteiger partial charge in [-0.15, -0.1) is 0 Å². The number of hydrogen-bond donors (Lipinski definition) is 3. The van der Waals surface area contributed by atoms with Crippen LogP contribution in [0, 0.1) is 0 Å². The Morgan fingerprint density at radius 3 is 1.90 bits per heavy atom. The minimum atomic E-state index is -1.34. The number of ether oxygens (including phenoxy) is 1. The van der Waals surface area contributed by atoms with Crippen LogP contribution in [0.5, 0.6) is 0 Å². The molecule has 7 heteroatoms. The largest absolute Gasteiger partial charge is 0.480 e. The van der Waals surface area contributed by atoms with E-state index in [1.165, 1.54) is 7.05 Å². The first-order chi connectivity index (χ1) is 13.9. The number of esters is 1. The molecular formula is C22H28N2O5. The van der Waals surface area contributed by atoms with Crippen molar-refractivity contribution < 1.29 is 24.5 Å². The van der Waals surface area contributed by atoms with Crippen molar-refractivity contribution >= 4 is 11.9 Å². The second kappa shape index (κ2) is 10.7. The Hall–Kier alpha value is -2.74. The summed E-state index contributed by atoms with van der Waals surface area (Å²) in [5.41, 5.74) is 0.617. The van der Waals surface area contributed by atoms with E-state index in [-0.39, 0.29) is 6.61 Å². The molecule has 0 aliphatic rings. The van der Waals surface area contributed by atoms with Gasteiger partial charge in [0.15, 0.2) is 0 Å². The second-order valence-electron chi connectivity index (χ2n) is 7.04. The predicted octanol–water partition coefficient (Wildman–Crippen LogP) is 1.66. The number of carbonyl (C=O) groups is 2. The van der Waals surface area contributed by atoms with E-state index in [1.54, 1.807) is 6.92 Å². The average Bonchev–Trinajstić information content (AvgIpc) is 2.74. The molecule has 0 saturated carbocycles. The fraction of sp³-hybridized carbons (Fsp3) is 0.364. The molecule has 7 nitrogen and oxygen atoms in total. The fourth-order valence-electron chi connectivity index (χ4n) is 2.90. The fourth-order valence-corrected chi connectivity index (χ4v) is 2.90. The third-order valence-corrected chi connectivity index (χ3v) is 4.91. The number of carbonyl (C=O) groups excluding carboxylic acids is 1. The van der Waals surface area contributed by atoms with Gasteiger partial charge >= 0.3 is 11.9 Å². The lowest BCUT2D eigenvalue weighted by molar-refractivity contribution is -0.163. The zero-order valence-corrected chi connectivity index (χ0v) is 16.7. The third kappa shape index (κ3) is 6.12. The quantitative estimate of drug-likeness (QED) is 0.493. The Kier molecular flexibility index (Phi) is 8.33. The zero-order chi connectivity index (χ0) is 21.3. The molecule has 156 valence electrons. The Bertz CT molecular complexity index is 743. The number of aliphatic hydroxyl groups is 1. The molecule has 2 aromatic rings. The number of aliphatic hydroxyl groups excluding tert-OH is 1. The van der Waals surface area contributed by atoms with Crippen LogP contribution in [0.1, 0.15) is 18.1 Å². The predicted molar refractivity (Wildman–Crippen MR) is 109 cm³/mol. The molecule has 0 aliphatic carbocycles. The first-order valence-electron chi connectivity index (χ1n) is 9.41. The van der Waals surface area contributed by atoms with Crippen LogP contribution in [0.2, 0.25) is 0 Å². The van der Waals surface area contributed by atoms with Crippen LogP contribution in [0.4, 0.5) is 0 Å². The summed E-state index contributed by atoms with van der Waals surface area (Å²) in [5, 5.41) is 21.9. The standard InChI is InChI=1S/C22H28N2O5/c1-22(16-25,21(28)29-15-19(23-2)20(26)27)24(13-17-9-5-3-6-10-17)14-18-11-7-4-8-12-18/h3-12,19,23,25H,13-16H2,1-2H3,(H,26,27)/t19-,22-/m1/s1. The van der Waals surface area contributed by atoms with Gasteiger partial charge in [-0.05, 0) is 25.1 Å². The number of benzene rings is 2. The Balaban J connectivity index is 2.25. The molecule has 0 aliphatic heterocycles. The second-order valence-corrected chi connectivity index (χ2v) is 7.04. The number of nitrogens with one attached hydrogen (secondary N) is 1. The molecule has 0 amide bonds. The zero-order valence-electron chi connectivity index (χ0n) is 16.7. The molecule has 0 unspecified atom stereocenters. The molecule has 0 spiro atoms. The first-order valence-corrected chi connectivity index (χ1v) is 9.41. The highest BCUT2D eigenvalue weighted by atomic mass is 16.5. The molecule has 0 aromatic heterocycles. The van der Waals surface area contributed by atoms with Crippen molar-refractivity contribution in [2.45, 2.75) is 31.6 Å². The molecule has 0 bridgehead atoms. The molecule has 2 rings (SSSR count). The molecule has 29 heavy (non-hydrogen) atoms. The summed E-state index contributed by atoms with van der Waals surface area (Å²) in [6, 6.07) is 18.2. The molecule has 3 N–H and O–H groups in total. The van der Waals surface area contributed by atoms with E-state index in [2.05, 4.69) is 5.32 Å². The molecule has 2 atom stereocenters. The summed E-state index contributed by atoms with van der Waals surface area (Å²) in [4.78, 5) is 25.9. The highest BCUT2D eigenvalue weighted by Gasteiger charge is 2.41. The van der Waals surface area contributed by atoms with Gasteiger partial charge in [0.1, 0.15) is 18.2 Å². The Labute approximate surface area is 170 Å². The summed E-state index contributed by atoms with van der Waals surface area (Å²) >= 11 is 0. The molecule has 0 radical (unpaired) electrons. The Morgan fingerprint density at radius 1 is 1.03 bits per heavy atom. The van der Waals surface area contributed by atoms with Crippen LogP contribution in [0.15, 0.2) is 60.7 Å². The van der Waals surface area contributed by atoms with Gasteiger partial charge < -0.3 is 20.3 Å². The van der Waals surface area contributed by atoms with Gasteiger partial charge in [-0.25, -0.2) is 4.79 Å². The summed E-state index contributed by atoms with van der Waals surface area (Å²) in [5.74, 6) is -1.79. The average molecular weight is 400 g/mol. The van der Waals surface area contributed by atoms with Crippen molar-refractivity contribution in [3.63, 3.8) is 0 Å². The normalized spacial score (nSPS) is 14.2. The summed E-state index contributed by atoms with van der Waals surface area (Å²) in [6.45, 7) is 1.64. The first kappa shape index (κ1) is 22.5. The van der Waals surface area contributed by atoms with Crippen LogP contribution >= 0.6 is 0 Å². The van der Waals surface area contributed by atoms with Gasteiger partial charge in [0.05, 0.1) is 6.61 Å². The highest BCUT2D eigenvalue weighted by molar-refractivity contribution is 5.81. The number of carboxylic acid groups (broad SMARTS) is 1. The molecule has 2 aromatic carbocycles. The minimum absolute atomic E-state index is 0.329. The van der Waals surface area contributed by atoms with Gasteiger partial charge in [-0.2, -0.15) is 0 Å². The maximum absolute atomic E-state index is 12.9. The van der Waals surface area contributed by atoms with Crippen molar-refractivity contribution in [1.82, 2.24) is 10.2 Å². The van der Waals surface area contributed by atoms with Crippen molar-refractivity contribution in [1.29, 1.82) is 0 Å². The van der Waals surface area contributed by atoms with Gasteiger partial charge in [0, 0.05) is 13.1 Å². The van der Waals surface area contributed by atoms with E-state index in [9.17, 15) is 14.7 Å². The maximum atomic E-state index is 12.9.